The number of nitrogens with zero attached hydrogens (tertiary/aromatic N) is 6. The van der Waals surface area contributed by atoms with Gasteiger partial charge in [0.05, 0.1) is 5.56 Å². The van der Waals surface area contributed by atoms with E-state index in [-0.39, 0.29) is 5.84 Å². The predicted molar refractivity (Wildman–Crippen MR) is 120 cm³/mol. The average molecular weight is 420 g/mol. The first kappa shape index (κ1) is 19.8. The molecule has 0 unspecified atom stereocenters. The molecule has 0 bridgehead atoms. The number of piperazine rings is 1. The minimum Gasteiger partial charge on any atom is -0.409 e. The van der Waals surface area contributed by atoms with Crippen molar-refractivity contribution in [2.24, 2.45) is 10.9 Å². The molecule has 1 fully saturated rings. The maximum absolute atomic E-state index is 9.34. The largest absolute Gasteiger partial charge is 0.409 e. The molecule has 8 nitrogen and oxygen atoms in total. The Morgan fingerprint density at radius 3 is 2.52 bits per heavy atom. The van der Waals surface area contributed by atoms with Crippen molar-refractivity contribution in [1.82, 2.24) is 19.8 Å². The van der Waals surface area contributed by atoms with Gasteiger partial charge in [-0.1, -0.05) is 35.5 Å². The number of hydrogen-bond donors (Lipinski definition) is 2. The number of oxime groups is 1. The van der Waals surface area contributed by atoms with E-state index in [2.05, 4.69) is 55.5 Å². The third kappa shape index (κ3) is 3.72. The highest BCUT2D eigenvalue weighted by Crippen LogP contribution is 2.39. The lowest BCUT2D eigenvalue weighted by Gasteiger charge is -2.37. The highest BCUT2D eigenvalue weighted by molar-refractivity contribution is 6.05. The minimum atomic E-state index is 0.143. The molecule has 0 radical (unpaired) electrons. The van der Waals surface area contributed by atoms with E-state index in [4.69, 9.17) is 5.73 Å². The molecular weight excluding hydrogens is 390 g/mol. The summed E-state index contributed by atoms with van der Waals surface area (Å²) in [6, 6.07) is 10.7. The van der Waals surface area contributed by atoms with Gasteiger partial charge < -0.3 is 10.9 Å². The smallest absolute Gasteiger partial charge is 0.172 e. The molecule has 1 saturated heterocycles. The van der Waals surface area contributed by atoms with E-state index >= 15 is 0 Å². The summed E-state index contributed by atoms with van der Waals surface area (Å²) in [6.07, 6.45) is 6.83. The van der Waals surface area contributed by atoms with Crippen LogP contribution in [0.3, 0.4) is 0 Å². The Hall–Kier alpha value is -3.13. The van der Waals surface area contributed by atoms with Crippen LogP contribution in [0.15, 0.2) is 41.8 Å². The van der Waals surface area contributed by atoms with Crippen molar-refractivity contribution in [2.45, 2.75) is 32.1 Å². The average Bonchev–Trinajstić information content (AvgIpc) is 3.18. The standard InChI is InChI=1S/C23H29N7O/c24-23(27-31)20-18-8-4-5-9-19(18)22-21(20)25-16-26-30(22)29-14-12-28(13-15-29)11-10-17-6-2-1-3-7-17/h1-3,6-7,16,31H,4-5,8-15H2,(H2,24,27). The van der Waals surface area contributed by atoms with Gasteiger partial charge in [0.25, 0.3) is 0 Å². The van der Waals surface area contributed by atoms with Gasteiger partial charge in [0.2, 0.25) is 0 Å². The molecule has 0 spiro atoms. The molecule has 0 atom stereocenters. The zero-order valence-electron chi connectivity index (χ0n) is 17.7. The van der Waals surface area contributed by atoms with Crippen LogP contribution in [0, 0.1) is 0 Å². The predicted octanol–water partition coefficient (Wildman–Crippen LogP) is 1.85. The van der Waals surface area contributed by atoms with Crippen LogP contribution in [0.2, 0.25) is 0 Å². The highest BCUT2D eigenvalue weighted by atomic mass is 16.4. The van der Waals surface area contributed by atoms with Gasteiger partial charge in [0, 0.05) is 32.7 Å². The van der Waals surface area contributed by atoms with Gasteiger partial charge in [-0.25, -0.2) is 4.98 Å². The van der Waals surface area contributed by atoms with E-state index in [0.717, 1.165) is 81.8 Å². The summed E-state index contributed by atoms with van der Waals surface area (Å²) in [5.74, 6) is 0.143. The first-order valence-electron chi connectivity index (χ1n) is 11.1. The third-order valence-corrected chi connectivity index (χ3v) is 6.60. The molecular formula is C23H29N7O. The van der Waals surface area contributed by atoms with Crippen molar-refractivity contribution < 1.29 is 5.21 Å². The second-order valence-corrected chi connectivity index (χ2v) is 8.40. The van der Waals surface area contributed by atoms with Crippen molar-refractivity contribution in [3.8, 4) is 11.4 Å². The maximum atomic E-state index is 9.34. The minimum absolute atomic E-state index is 0.143. The number of benzene rings is 1. The normalized spacial score (nSPS) is 17.8. The number of nitrogens with two attached hydrogens (primary N) is 1. The number of hydrogen-bond acceptors (Lipinski definition) is 6. The summed E-state index contributed by atoms with van der Waals surface area (Å²) >= 11 is 0. The van der Waals surface area contributed by atoms with Gasteiger partial charge in [-0.2, -0.15) is 4.79 Å². The van der Waals surface area contributed by atoms with Crippen LogP contribution in [0.25, 0.3) is 11.4 Å². The van der Waals surface area contributed by atoms with E-state index in [1.807, 2.05) is 4.79 Å². The first-order chi connectivity index (χ1) is 15.3. The summed E-state index contributed by atoms with van der Waals surface area (Å²) in [4.78, 5) is 9.09. The van der Waals surface area contributed by atoms with Crippen LogP contribution in [0.5, 0.6) is 0 Å². The Kier molecular flexibility index (Phi) is 5.46. The zero-order valence-corrected chi connectivity index (χ0v) is 17.7. The molecule has 0 saturated carbocycles. The van der Waals surface area contributed by atoms with Gasteiger partial charge in [-0.05, 0) is 48.8 Å². The molecule has 0 amide bonds. The molecule has 2 aliphatic carbocycles. The lowest BCUT2D eigenvalue weighted by atomic mass is 9.93. The Labute approximate surface area is 182 Å². The Balaban J connectivity index is 1.36. The Bertz CT molecular complexity index is 1040. The van der Waals surface area contributed by atoms with Crippen molar-refractivity contribution in [3.63, 3.8) is 0 Å². The number of rotatable bonds is 5. The van der Waals surface area contributed by atoms with Crippen molar-refractivity contribution in [2.75, 3.05) is 37.7 Å². The second-order valence-electron chi connectivity index (χ2n) is 8.40. The molecule has 2 aliphatic heterocycles. The summed E-state index contributed by atoms with van der Waals surface area (Å²) in [7, 11) is 0. The monoisotopic (exact) mass is 419 g/mol. The van der Waals surface area contributed by atoms with Crippen LogP contribution in [-0.4, -0.2) is 63.5 Å². The topological polar surface area (TPSA) is 95.8 Å². The summed E-state index contributed by atoms with van der Waals surface area (Å²) in [5.41, 5.74) is 12.5. The molecule has 31 heavy (non-hydrogen) atoms. The molecule has 162 valence electrons. The molecule has 3 N–H and O–H groups in total. The number of fused-ring (bicyclic) bond motifs is 3. The lowest BCUT2D eigenvalue weighted by Crippen LogP contribution is -2.52. The summed E-state index contributed by atoms with van der Waals surface area (Å²) < 4.78 is 0. The van der Waals surface area contributed by atoms with Crippen molar-refractivity contribution in [1.29, 1.82) is 0 Å². The van der Waals surface area contributed by atoms with Crippen molar-refractivity contribution >= 4 is 5.84 Å². The molecule has 4 aliphatic rings. The zero-order chi connectivity index (χ0) is 21.2. The van der Waals surface area contributed by atoms with Gasteiger partial charge in [0.1, 0.15) is 17.7 Å². The van der Waals surface area contributed by atoms with E-state index < -0.39 is 0 Å². The fraction of sp³-hybridized carbons (Fsp3) is 0.435. The number of aromatic nitrogens is 3. The van der Waals surface area contributed by atoms with E-state index in [1.54, 1.807) is 6.33 Å². The highest BCUT2D eigenvalue weighted by Gasteiger charge is 2.32. The summed E-state index contributed by atoms with van der Waals surface area (Å²) in [5, 5.41) is 19.6. The Morgan fingerprint density at radius 2 is 1.77 bits per heavy atom. The lowest BCUT2D eigenvalue weighted by molar-refractivity contribution is 0.237. The van der Waals surface area contributed by atoms with E-state index in [9.17, 15) is 5.21 Å². The van der Waals surface area contributed by atoms with Gasteiger partial charge in [0.15, 0.2) is 5.84 Å². The fourth-order valence-corrected chi connectivity index (χ4v) is 5.00. The van der Waals surface area contributed by atoms with E-state index in [0.29, 0.717) is 0 Å². The van der Waals surface area contributed by atoms with Gasteiger partial charge >= 0.3 is 0 Å². The van der Waals surface area contributed by atoms with Gasteiger partial charge in [-0.15, -0.1) is 5.10 Å². The molecule has 1 aromatic rings. The Morgan fingerprint density at radius 1 is 1.03 bits per heavy atom. The molecule has 2 heterocycles. The van der Waals surface area contributed by atoms with E-state index in [1.165, 1.54) is 16.7 Å². The van der Waals surface area contributed by atoms with Crippen LogP contribution in [0.1, 0.15) is 35.1 Å². The first-order valence-corrected chi connectivity index (χ1v) is 11.1. The van der Waals surface area contributed by atoms with Crippen LogP contribution in [-0.2, 0) is 19.3 Å². The fourth-order valence-electron chi connectivity index (χ4n) is 5.00. The second kappa shape index (κ2) is 8.55. The molecule has 5 rings (SSSR count). The van der Waals surface area contributed by atoms with Crippen molar-refractivity contribution in [3.05, 3.63) is 58.9 Å². The third-order valence-electron chi connectivity index (χ3n) is 6.60. The quantitative estimate of drug-likeness (QED) is 0.284. The maximum Gasteiger partial charge on any atom is 0.172 e. The number of amidine groups is 1. The molecule has 1 aromatic carbocycles. The molecule has 8 heteroatoms. The van der Waals surface area contributed by atoms with Crippen LogP contribution >= 0.6 is 0 Å². The SMILES string of the molecule is NC(=NO)c1c2ncnn(N3CCN(CCc4ccccc4)CC3)c-2c2c1CCCC2. The van der Waals surface area contributed by atoms with Crippen LogP contribution < -0.4 is 10.7 Å². The van der Waals surface area contributed by atoms with Gasteiger partial charge in [-0.3, -0.25) is 9.91 Å². The van der Waals surface area contributed by atoms with Crippen LogP contribution in [0.4, 0.5) is 0 Å². The summed E-state index contributed by atoms with van der Waals surface area (Å²) in [6.45, 7) is 4.89. The molecule has 0 aromatic heterocycles.